The number of pyridine rings is 1. The summed E-state index contributed by atoms with van der Waals surface area (Å²) in [6, 6.07) is 9.62. The Balaban J connectivity index is 2.43. The molecule has 0 spiro atoms. The lowest BCUT2D eigenvalue weighted by Gasteiger charge is -2.07. The number of halogens is 1. The summed E-state index contributed by atoms with van der Waals surface area (Å²) in [5.74, 6) is 0. The van der Waals surface area contributed by atoms with Gasteiger partial charge in [-0.2, -0.15) is 0 Å². The highest BCUT2D eigenvalue weighted by Crippen LogP contribution is 2.15. The van der Waals surface area contributed by atoms with Crippen molar-refractivity contribution < 1.29 is 8.42 Å². The molecule has 0 aliphatic heterocycles. The van der Waals surface area contributed by atoms with Crippen LogP contribution in [0.4, 0.5) is 5.69 Å². The zero-order valence-electron chi connectivity index (χ0n) is 9.05. The third kappa shape index (κ3) is 2.80. The Bertz CT molecular complexity index is 711. The number of hydrogen-bond donors (Lipinski definition) is 2. The number of benzene rings is 1. The number of rotatable bonds is 3. The summed E-state index contributed by atoms with van der Waals surface area (Å²) in [6.07, 6.45) is 1.38. The topological polar surface area (TPSA) is 79.0 Å². The summed E-state index contributed by atoms with van der Waals surface area (Å²) in [4.78, 5) is 13.5. The summed E-state index contributed by atoms with van der Waals surface area (Å²) in [5.41, 5.74) is -0.265. The standard InChI is InChI=1S/C11H9BrN2O3S/c12-8-6-10(11(15)13-7-8)18(16,17)14-9-4-2-1-3-5-9/h1-7,14H,(H,13,15). The molecule has 0 amide bonds. The fourth-order valence-corrected chi connectivity index (χ4v) is 2.99. The number of aromatic amines is 1. The second-order valence-electron chi connectivity index (χ2n) is 3.48. The van der Waals surface area contributed by atoms with Crippen LogP contribution in [0.5, 0.6) is 0 Å². The van der Waals surface area contributed by atoms with E-state index in [9.17, 15) is 13.2 Å². The molecule has 2 rings (SSSR count). The van der Waals surface area contributed by atoms with Gasteiger partial charge in [0.1, 0.15) is 0 Å². The molecule has 0 radical (unpaired) electrons. The van der Waals surface area contributed by atoms with E-state index in [4.69, 9.17) is 0 Å². The van der Waals surface area contributed by atoms with Gasteiger partial charge in [-0.25, -0.2) is 8.42 Å². The van der Waals surface area contributed by atoms with Crippen molar-refractivity contribution in [1.29, 1.82) is 0 Å². The van der Waals surface area contributed by atoms with E-state index >= 15 is 0 Å². The molecule has 0 atom stereocenters. The number of anilines is 1. The summed E-state index contributed by atoms with van der Waals surface area (Å²) < 4.78 is 26.9. The van der Waals surface area contributed by atoms with Crippen LogP contribution in [-0.4, -0.2) is 13.4 Å². The first-order valence-corrected chi connectivity index (χ1v) is 7.23. The molecule has 0 saturated heterocycles. The molecule has 7 heteroatoms. The lowest BCUT2D eigenvalue weighted by molar-refractivity contribution is 0.600. The molecule has 1 aromatic heterocycles. The van der Waals surface area contributed by atoms with Gasteiger partial charge in [0.2, 0.25) is 0 Å². The first kappa shape index (κ1) is 12.8. The third-order valence-electron chi connectivity index (χ3n) is 2.15. The van der Waals surface area contributed by atoms with Crippen LogP contribution in [0.15, 0.2) is 56.8 Å². The van der Waals surface area contributed by atoms with Crippen molar-refractivity contribution in [1.82, 2.24) is 4.98 Å². The fraction of sp³-hybridized carbons (Fsp3) is 0. The number of nitrogens with one attached hydrogen (secondary N) is 2. The molecule has 0 aliphatic carbocycles. The van der Waals surface area contributed by atoms with Crippen molar-refractivity contribution in [2.45, 2.75) is 4.90 Å². The molecule has 5 nitrogen and oxygen atoms in total. The zero-order chi connectivity index (χ0) is 13.2. The second kappa shape index (κ2) is 4.95. The molecule has 0 bridgehead atoms. The predicted molar refractivity (Wildman–Crippen MR) is 72.0 cm³/mol. The Hall–Kier alpha value is -1.60. The molecular weight excluding hydrogens is 320 g/mol. The van der Waals surface area contributed by atoms with Crippen LogP contribution in [0.3, 0.4) is 0 Å². The number of H-pyrrole nitrogens is 1. The maximum Gasteiger partial charge on any atom is 0.268 e. The summed E-state index contributed by atoms with van der Waals surface area (Å²) in [6.45, 7) is 0. The van der Waals surface area contributed by atoms with Crippen molar-refractivity contribution >= 4 is 31.6 Å². The van der Waals surface area contributed by atoms with Crippen molar-refractivity contribution in [3.8, 4) is 0 Å². The largest absolute Gasteiger partial charge is 0.327 e. The molecule has 0 aliphatic rings. The van der Waals surface area contributed by atoms with Gasteiger partial charge in [-0.05, 0) is 34.1 Å². The van der Waals surface area contributed by atoms with Gasteiger partial charge in [0, 0.05) is 16.4 Å². The lowest BCUT2D eigenvalue weighted by atomic mass is 10.3. The molecule has 94 valence electrons. The monoisotopic (exact) mass is 328 g/mol. The molecule has 0 fully saturated rings. The molecule has 0 saturated carbocycles. The summed E-state index contributed by atoms with van der Waals surface area (Å²) in [7, 11) is -3.89. The van der Waals surface area contributed by atoms with Crippen LogP contribution in [0.2, 0.25) is 0 Å². The van der Waals surface area contributed by atoms with Gasteiger partial charge < -0.3 is 4.98 Å². The Morgan fingerprint density at radius 3 is 2.50 bits per heavy atom. The number of para-hydroxylation sites is 1. The Morgan fingerprint density at radius 1 is 1.17 bits per heavy atom. The highest BCUT2D eigenvalue weighted by Gasteiger charge is 2.18. The second-order valence-corrected chi connectivity index (χ2v) is 6.05. The van der Waals surface area contributed by atoms with E-state index < -0.39 is 15.6 Å². The van der Waals surface area contributed by atoms with Crippen molar-refractivity contribution in [3.05, 3.63) is 57.4 Å². The third-order valence-corrected chi connectivity index (χ3v) is 3.99. The van der Waals surface area contributed by atoms with E-state index in [0.29, 0.717) is 10.2 Å². The highest BCUT2D eigenvalue weighted by molar-refractivity contribution is 9.10. The van der Waals surface area contributed by atoms with Gasteiger partial charge in [0.15, 0.2) is 4.90 Å². The highest BCUT2D eigenvalue weighted by atomic mass is 79.9. The average Bonchev–Trinajstić information content (AvgIpc) is 2.33. The Kier molecular flexibility index (Phi) is 3.53. The van der Waals surface area contributed by atoms with Crippen LogP contribution < -0.4 is 10.3 Å². The minimum atomic E-state index is -3.89. The number of sulfonamides is 1. The molecule has 0 unspecified atom stereocenters. The summed E-state index contributed by atoms with van der Waals surface area (Å²) in [5, 5.41) is 0. The summed E-state index contributed by atoms with van der Waals surface area (Å²) >= 11 is 3.11. The van der Waals surface area contributed by atoms with Crippen molar-refractivity contribution in [2.24, 2.45) is 0 Å². The van der Waals surface area contributed by atoms with Crippen molar-refractivity contribution in [2.75, 3.05) is 4.72 Å². The van der Waals surface area contributed by atoms with E-state index in [1.807, 2.05) is 0 Å². The van der Waals surface area contributed by atoms with Crippen LogP contribution in [0.1, 0.15) is 0 Å². The van der Waals surface area contributed by atoms with Crippen LogP contribution in [-0.2, 0) is 10.0 Å². The maximum atomic E-state index is 12.0. The van der Waals surface area contributed by atoms with E-state index in [-0.39, 0.29) is 4.90 Å². The van der Waals surface area contributed by atoms with Crippen LogP contribution in [0, 0.1) is 0 Å². The minimum Gasteiger partial charge on any atom is -0.327 e. The number of hydrogen-bond acceptors (Lipinski definition) is 3. The van der Waals surface area contributed by atoms with Gasteiger partial charge in [-0.15, -0.1) is 0 Å². The van der Waals surface area contributed by atoms with E-state index in [1.54, 1.807) is 30.3 Å². The molecule has 2 N–H and O–H groups in total. The predicted octanol–water partition coefficient (Wildman–Crippen LogP) is 1.94. The van der Waals surface area contributed by atoms with Gasteiger partial charge in [0.25, 0.3) is 15.6 Å². The van der Waals surface area contributed by atoms with Crippen LogP contribution in [0.25, 0.3) is 0 Å². The molecule has 1 heterocycles. The first-order valence-electron chi connectivity index (χ1n) is 4.95. The SMILES string of the molecule is O=c1[nH]cc(Br)cc1S(=O)(=O)Nc1ccccc1. The van der Waals surface area contributed by atoms with E-state index in [2.05, 4.69) is 25.6 Å². The van der Waals surface area contributed by atoms with Crippen molar-refractivity contribution in [3.63, 3.8) is 0 Å². The zero-order valence-corrected chi connectivity index (χ0v) is 11.5. The van der Waals surface area contributed by atoms with Gasteiger partial charge >= 0.3 is 0 Å². The molecular formula is C11H9BrN2O3S. The Labute approximate surface area is 112 Å². The average molecular weight is 329 g/mol. The van der Waals surface area contributed by atoms with Gasteiger partial charge in [-0.3, -0.25) is 9.52 Å². The normalized spacial score (nSPS) is 11.2. The maximum absolute atomic E-state index is 12.0. The minimum absolute atomic E-state index is 0.333. The van der Waals surface area contributed by atoms with E-state index in [1.165, 1.54) is 12.3 Å². The fourth-order valence-electron chi connectivity index (χ4n) is 1.35. The number of aromatic nitrogens is 1. The van der Waals surface area contributed by atoms with Gasteiger partial charge in [0.05, 0.1) is 0 Å². The molecule has 1 aromatic carbocycles. The first-order chi connectivity index (χ1) is 8.49. The van der Waals surface area contributed by atoms with Crippen LogP contribution >= 0.6 is 15.9 Å². The molecule has 18 heavy (non-hydrogen) atoms. The smallest absolute Gasteiger partial charge is 0.268 e. The lowest BCUT2D eigenvalue weighted by Crippen LogP contribution is -2.22. The quantitative estimate of drug-likeness (QED) is 0.903. The Morgan fingerprint density at radius 2 is 1.83 bits per heavy atom. The molecule has 2 aromatic rings. The van der Waals surface area contributed by atoms with Gasteiger partial charge in [-0.1, -0.05) is 18.2 Å². The van der Waals surface area contributed by atoms with E-state index in [0.717, 1.165) is 0 Å².